The van der Waals surface area contributed by atoms with Gasteiger partial charge in [0.15, 0.2) is 5.69 Å². The van der Waals surface area contributed by atoms with Gasteiger partial charge in [0.05, 0.1) is 17.4 Å². The van der Waals surface area contributed by atoms with Crippen molar-refractivity contribution in [3.63, 3.8) is 0 Å². The van der Waals surface area contributed by atoms with Crippen LogP contribution in [0.25, 0.3) is 0 Å². The average molecular weight is 322 g/mol. The predicted molar refractivity (Wildman–Crippen MR) is 84.5 cm³/mol. The monoisotopic (exact) mass is 322 g/mol. The summed E-state index contributed by atoms with van der Waals surface area (Å²) < 4.78 is 25.8. The van der Waals surface area contributed by atoms with E-state index in [-0.39, 0.29) is 17.6 Å². The molecule has 23 heavy (non-hydrogen) atoms. The fraction of sp³-hybridized carbons (Fsp3) is 0.375. The minimum Gasteiger partial charge on any atom is -0.331 e. The van der Waals surface area contributed by atoms with Crippen molar-refractivity contribution in [2.45, 2.75) is 33.2 Å². The summed E-state index contributed by atoms with van der Waals surface area (Å²) in [5.74, 6) is 0.142. The number of carbonyl (C=O) groups excluding carboxylic acids is 1. The van der Waals surface area contributed by atoms with E-state index in [0.717, 1.165) is 5.56 Å². The number of amides is 2. The number of hydrogen-bond donors (Lipinski definition) is 3. The van der Waals surface area contributed by atoms with Gasteiger partial charge in [0, 0.05) is 0 Å². The third kappa shape index (κ3) is 4.06. The SMILES string of the molecule is Cc1[nH]nc(C(F)F)c1NC(=O)NC(c1ccccc1)C(C)C. The summed E-state index contributed by atoms with van der Waals surface area (Å²) in [5, 5.41) is 11.3. The van der Waals surface area contributed by atoms with Gasteiger partial charge in [-0.15, -0.1) is 0 Å². The largest absolute Gasteiger partial charge is 0.331 e. The van der Waals surface area contributed by atoms with E-state index in [2.05, 4.69) is 20.8 Å². The second-order valence-electron chi connectivity index (χ2n) is 5.64. The molecule has 1 aromatic heterocycles. The summed E-state index contributed by atoms with van der Waals surface area (Å²) in [4.78, 5) is 12.2. The topological polar surface area (TPSA) is 69.8 Å². The molecule has 1 heterocycles. The fourth-order valence-electron chi connectivity index (χ4n) is 2.35. The Labute approximate surface area is 133 Å². The zero-order valence-electron chi connectivity index (χ0n) is 13.2. The van der Waals surface area contributed by atoms with Gasteiger partial charge in [-0.25, -0.2) is 13.6 Å². The molecule has 0 saturated heterocycles. The zero-order chi connectivity index (χ0) is 17.0. The Morgan fingerprint density at radius 3 is 2.43 bits per heavy atom. The number of H-pyrrole nitrogens is 1. The van der Waals surface area contributed by atoms with E-state index in [1.54, 1.807) is 6.92 Å². The highest BCUT2D eigenvalue weighted by atomic mass is 19.3. The normalized spacial score (nSPS) is 12.5. The Hall–Kier alpha value is -2.44. The van der Waals surface area contributed by atoms with Crippen LogP contribution >= 0.6 is 0 Å². The number of benzene rings is 1. The van der Waals surface area contributed by atoms with Crippen molar-refractivity contribution in [1.82, 2.24) is 15.5 Å². The summed E-state index contributed by atoms with van der Waals surface area (Å²) in [7, 11) is 0. The summed E-state index contributed by atoms with van der Waals surface area (Å²) in [6.07, 6.45) is -2.76. The molecule has 0 aliphatic rings. The Kier molecular flexibility index (Phi) is 5.31. The summed E-state index contributed by atoms with van der Waals surface area (Å²) in [6.45, 7) is 5.53. The highest BCUT2D eigenvalue weighted by molar-refractivity contribution is 5.90. The Bertz CT molecular complexity index is 655. The number of anilines is 1. The van der Waals surface area contributed by atoms with Gasteiger partial charge >= 0.3 is 6.03 Å². The molecule has 1 atom stereocenters. The van der Waals surface area contributed by atoms with Gasteiger partial charge in [0.1, 0.15) is 0 Å². The minimum absolute atomic E-state index is 0.0214. The van der Waals surface area contributed by atoms with Crippen LogP contribution in [0.1, 0.15) is 43.3 Å². The second kappa shape index (κ2) is 7.21. The summed E-state index contributed by atoms with van der Waals surface area (Å²) >= 11 is 0. The van der Waals surface area contributed by atoms with Gasteiger partial charge in [0.2, 0.25) is 0 Å². The van der Waals surface area contributed by atoms with Crippen LogP contribution < -0.4 is 10.6 Å². The maximum atomic E-state index is 12.9. The maximum Gasteiger partial charge on any atom is 0.319 e. The third-order valence-corrected chi connectivity index (χ3v) is 3.53. The van der Waals surface area contributed by atoms with Crippen LogP contribution in [-0.4, -0.2) is 16.2 Å². The quantitative estimate of drug-likeness (QED) is 0.773. The van der Waals surface area contributed by atoms with E-state index in [0.29, 0.717) is 5.69 Å². The lowest BCUT2D eigenvalue weighted by Crippen LogP contribution is -2.35. The maximum absolute atomic E-state index is 12.9. The minimum atomic E-state index is -2.76. The molecule has 0 aliphatic carbocycles. The first kappa shape index (κ1) is 16.9. The van der Waals surface area contributed by atoms with Crippen molar-refractivity contribution in [1.29, 1.82) is 0 Å². The van der Waals surface area contributed by atoms with E-state index in [1.165, 1.54) is 0 Å². The van der Waals surface area contributed by atoms with Gasteiger partial charge in [-0.3, -0.25) is 5.10 Å². The van der Waals surface area contributed by atoms with Gasteiger partial charge in [-0.1, -0.05) is 44.2 Å². The highest BCUT2D eigenvalue weighted by Gasteiger charge is 2.23. The van der Waals surface area contributed by atoms with Gasteiger partial charge in [-0.2, -0.15) is 5.10 Å². The van der Waals surface area contributed by atoms with E-state index in [1.807, 2.05) is 44.2 Å². The molecule has 2 rings (SSSR count). The van der Waals surface area contributed by atoms with Crippen LogP contribution in [-0.2, 0) is 0 Å². The lowest BCUT2D eigenvalue weighted by Gasteiger charge is -2.23. The molecule has 2 amide bonds. The van der Waals surface area contributed by atoms with E-state index in [9.17, 15) is 13.6 Å². The number of hydrogen-bond acceptors (Lipinski definition) is 2. The standard InChI is InChI=1S/C16H20F2N4O/c1-9(2)12(11-7-5-4-6-8-11)19-16(23)20-13-10(3)21-22-14(13)15(17)18/h4-9,12,15H,1-3H3,(H,21,22)(H2,19,20,23). The smallest absolute Gasteiger partial charge is 0.319 e. The van der Waals surface area contributed by atoms with Crippen molar-refractivity contribution in [2.24, 2.45) is 5.92 Å². The number of alkyl halides is 2. The molecule has 0 fully saturated rings. The van der Waals surface area contributed by atoms with Crippen LogP contribution in [0.3, 0.4) is 0 Å². The molecule has 124 valence electrons. The molecule has 1 unspecified atom stereocenters. The van der Waals surface area contributed by atoms with Crippen LogP contribution in [0.15, 0.2) is 30.3 Å². The number of carbonyl (C=O) groups is 1. The molecule has 0 radical (unpaired) electrons. The number of urea groups is 1. The summed E-state index contributed by atoms with van der Waals surface area (Å²) in [5.41, 5.74) is 0.901. The van der Waals surface area contributed by atoms with Crippen molar-refractivity contribution < 1.29 is 13.6 Å². The van der Waals surface area contributed by atoms with E-state index < -0.39 is 18.2 Å². The number of aromatic nitrogens is 2. The van der Waals surface area contributed by atoms with Crippen LogP contribution in [0, 0.1) is 12.8 Å². The lowest BCUT2D eigenvalue weighted by molar-refractivity contribution is 0.146. The molecule has 7 heteroatoms. The lowest BCUT2D eigenvalue weighted by atomic mass is 9.96. The third-order valence-electron chi connectivity index (χ3n) is 3.53. The molecular formula is C16H20F2N4O. The van der Waals surface area contributed by atoms with Crippen molar-refractivity contribution in [3.8, 4) is 0 Å². The first-order valence-corrected chi connectivity index (χ1v) is 7.35. The molecular weight excluding hydrogens is 302 g/mol. The molecule has 0 aliphatic heterocycles. The number of rotatable bonds is 5. The van der Waals surface area contributed by atoms with Crippen LogP contribution in [0.5, 0.6) is 0 Å². The average Bonchev–Trinajstić information content (AvgIpc) is 2.86. The number of nitrogens with zero attached hydrogens (tertiary/aromatic N) is 1. The molecule has 3 N–H and O–H groups in total. The number of aryl methyl sites for hydroxylation is 1. The fourth-order valence-corrected chi connectivity index (χ4v) is 2.35. The van der Waals surface area contributed by atoms with E-state index in [4.69, 9.17) is 0 Å². The van der Waals surface area contributed by atoms with E-state index >= 15 is 0 Å². The molecule has 2 aromatic rings. The zero-order valence-corrected chi connectivity index (χ0v) is 13.2. The van der Waals surface area contributed by atoms with Crippen molar-refractivity contribution in [3.05, 3.63) is 47.3 Å². The van der Waals surface area contributed by atoms with Crippen molar-refractivity contribution >= 4 is 11.7 Å². The summed E-state index contributed by atoms with van der Waals surface area (Å²) in [6, 6.07) is 8.73. The van der Waals surface area contributed by atoms with Crippen LogP contribution in [0.2, 0.25) is 0 Å². The Morgan fingerprint density at radius 1 is 1.22 bits per heavy atom. The molecule has 0 bridgehead atoms. The Morgan fingerprint density at radius 2 is 1.87 bits per heavy atom. The van der Waals surface area contributed by atoms with Crippen molar-refractivity contribution in [2.75, 3.05) is 5.32 Å². The number of aromatic amines is 1. The van der Waals surface area contributed by atoms with Gasteiger partial charge < -0.3 is 10.6 Å². The van der Waals surface area contributed by atoms with Crippen LogP contribution in [0.4, 0.5) is 19.3 Å². The highest BCUT2D eigenvalue weighted by Crippen LogP contribution is 2.28. The molecule has 1 aromatic carbocycles. The molecule has 5 nitrogen and oxygen atoms in total. The second-order valence-corrected chi connectivity index (χ2v) is 5.64. The Balaban J connectivity index is 2.13. The number of nitrogens with one attached hydrogen (secondary N) is 3. The van der Waals surface area contributed by atoms with Gasteiger partial charge in [0.25, 0.3) is 6.43 Å². The predicted octanol–water partition coefficient (Wildman–Crippen LogP) is 4.17. The number of halogens is 2. The molecule has 0 spiro atoms. The first-order chi connectivity index (χ1) is 10.9. The first-order valence-electron chi connectivity index (χ1n) is 7.35. The van der Waals surface area contributed by atoms with Gasteiger partial charge in [-0.05, 0) is 18.4 Å². The molecule has 0 saturated carbocycles.